The Morgan fingerprint density at radius 2 is 2.08 bits per heavy atom. The number of hydrogen-bond acceptors (Lipinski definition) is 2. The largest absolute Gasteiger partial charge is 0.370 e. The van der Waals surface area contributed by atoms with Crippen molar-refractivity contribution >= 4 is 5.96 Å². The number of hydrogen-bond donors (Lipinski definition) is 2. The van der Waals surface area contributed by atoms with Gasteiger partial charge in [0.25, 0.3) is 0 Å². The summed E-state index contributed by atoms with van der Waals surface area (Å²) in [6.45, 7) is 6.51. The van der Waals surface area contributed by atoms with Gasteiger partial charge in [-0.2, -0.15) is 0 Å². The number of piperazine rings is 1. The lowest BCUT2D eigenvalue weighted by molar-refractivity contribution is 0.141. The molecule has 2 aliphatic heterocycles. The fourth-order valence-corrected chi connectivity index (χ4v) is 2.63. The van der Waals surface area contributed by atoms with E-state index in [-0.39, 0.29) is 5.96 Å². The molecule has 2 fully saturated rings. The summed E-state index contributed by atoms with van der Waals surface area (Å²) in [6.07, 6.45) is 1.19. The molecule has 0 saturated carbocycles. The zero-order chi connectivity index (χ0) is 9.59. The van der Waals surface area contributed by atoms with E-state index in [9.17, 15) is 0 Å². The van der Waals surface area contributed by atoms with E-state index >= 15 is 0 Å². The average molecular weight is 182 g/mol. The van der Waals surface area contributed by atoms with Crippen molar-refractivity contribution in [2.24, 2.45) is 5.73 Å². The quantitative estimate of drug-likeness (QED) is 0.445. The van der Waals surface area contributed by atoms with Gasteiger partial charge < -0.3 is 10.6 Å². The van der Waals surface area contributed by atoms with Crippen LogP contribution >= 0.6 is 0 Å². The van der Waals surface area contributed by atoms with Crippen LogP contribution in [0.25, 0.3) is 0 Å². The van der Waals surface area contributed by atoms with Gasteiger partial charge in [0.05, 0.1) is 0 Å². The maximum atomic E-state index is 7.40. The van der Waals surface area contributed by atoms with Gasteiger partial charge in [-0.15, -0.1) is 0 Å². The number of fused-ring (bicyclic) bond motifs is 2. The van der Waals surface area contributed by atoms with Crippen molar-refractivity contribution in [3.63, 3.8) is 0 Å². The number of nitrogens with zero attached hydrogens (tertiary/aromatic N) is 2. The van der Waals surface area contributed by atoms with E-state index in [4.69, 9.17) is 11.1 Å². The summed E-state index contributed by atoms with van der Waals surface area (Å²) in [5.74, 6) is 0.246. The Balaban J connectivity index is 2.03. The summed E-state index contributed by atoms with van der Waals surface area (Å²) in [5.41, 5.74) is 5.50. The molecule has 0 aromatic rings. The van der Waals surface area contributed by atoms with Crippen LogP contribution in [-0.4, -0.2) is 47.0 Å². The van der Waals surface area contributed by atoms with Crippen molar-refractivity contribution in [3.8, 4) is 0 Å². The van der Waals surface area contributed by atoms with Gasteiger partial charge in [0.15, 0.2) is 5.96 Å². The molecule has 3 N–H and O–H groups in total. The highest BCUT2D eigenvalue weighted by Crippen LogP contribution is 2.31. The molecular weight excluding hydrogens is 164 g/mol. The third kappa shape index (κ3) is 1.29. The van der Waals surface area contributed by atoms with Crippen LogP contribution in [0.4, 0.5) is 0 Å². The van der Waals surface area contributed by atoms with E-state index in [1.807, 2.05) is 4.90 Å². The number of guanidine groups is 1. The highest BCUT2D eigenvalue weighted by Gasteiger charge is 2.44. The van der Waals surface area contributed by atoms with E-state index in [2.05, 4.69) is 18.7 Å². The first-order valence-electron chi connectivity index (χ1n) is 4.96. The van der Waals surface area contributed by atoms with Gasteiger partial charge in [0.1, 0.15) is 0 Å². The van der Waals surface area contributed by atoms with E-state index in [0.29, 0.717) is 18.1 Å². The maximum absolute atomic E-state index is 7.40. The minimum atomic E-state index is 0.246. The predicted molar refractivity (Wildman–Crippen MR) is 52.7 cm³/mol. The van der Waals surface area contributed by atoms with Crippen molar-refractivity contribution in [3.05, 3.63) is 0 Å². The fourth-order valence-electron chi connectivity index (χ4n) is 2.63. The van der Waals surface area contributed by atoms with E-state index in [0.717, 1.165) is 13.1 Å². The van der Waals surface area contributed by atoms with Crippen LogP contribution in [0.1, 0.15) is 20.3 Å². The molecule has 2 heterocycles. The number of nitrogens with two attached hydrogens (primary N) is 1. The lowest BCUT2D eigenvalue weighted by atomic mass is 10.2. The molecule has 4 nitrogen and oxygen atoms in total. The number of likely N-dealkylation sites (tertiary alicyclic amines) is 2. The third-order valence-electron chi connectivity index (χ3n) is 3.26. The molecule has 2 rings (SSSR count). The Hall–Kier alpha value is -0.770. The molecule has 0 radical (unpaired) electrons. The van der Waals surface area contributed by atoms with Crippen LogP contribution in [0.2, 0.25) is 0 Å². The van der Waals surface area contributed by atoms with E-state index in [1.165, 1.54) is 6.42 Å². The summed E-state index contributed by atoms with van der Waals surface area (Å²) >= 11 is 0. The van der Waals surface area contributed by atoms with Crippen LogP contribution in [0.5, 0.6) is 0 Å². The first kappa shape index (κ1) is 8.81. The molecule has 0 aromatic heterocycles. The van der Waals surface area contributed by atoms with Crippen LogP contribution in [0.3, 0.4) is 0 Å². The molecule has 0 spiro atoms. The van der Waals surface area contributed by atoms with Gasteiger partial charge in [0.2, 0.25) is 0 Å². The van der Waals surface area contributed by atoms with Crippen LogP contribution in [-0.2, 0) is 0 Å². The molecule has 0 amide bonds. The number of nitrogens with one attached hydrogen (secondary N) is 1. The van der Waals surface area contributed by atoms with Crippen molar-refractivity contribution in [2.45, 2.75) is 38.4 Å². The van der Waals surface area contributed by atoms with Gasteiger partial charge in [-0.3, -0.25) is 10.3 Å². The van der Waals surface area contributed by atoms with E-state index < -0.39 is 0 Å². The SMILES string of the molecule is CC(C)N1CC2CC1CN2C(=N)N. The van der Waals surface area contributed by atoms with Crippen molar-refractivity contribution in [2.75, 3.05) is 13.1 Å². The van der Waals surface area contributed by atoms with Crippen molar-refractivity contribution < 1.29 is 0 Å². The summed E-state index contributed by atoms with van der Waals surface area (Å²) in [5, 5.41) is 7.40. The van der Waals surface area contributed by atoms with Gasteiger partial charge in [0, 0.05) is 31.2 Å². The minimum absolute atomic E-state index is 0.246. The molecule has 0 aromatic carbocycles. The first-order valence-corrected chi connectivity index (χ1v) is 4.96. The predicted octanol–water partition coefficient (Wildman–Crippen LogP) is 0.0468. The highest BCUT2D eigenvalue weighted by atomic mass is 15.4. The van der Waals surface area contributed by atoms with Gasteiger partial charge in [-0.05, 0) is 20.3 Å². The Bertz CT molecular complexity index is 226. The smallest absolute Gasteiger partial charge is 0.188 e. The molecular formula is C9H18N4. The second kappa shape index (κ2) is 2.87. The summed E-state index contributed by atoms with van der Waals surface area (Å²) in [6, 6.07) is 1.77. The van der Waals surface area contributed by atoms with E-state index in [1.54, 1.807) is 0 Å². The fraction of sp³-hybridized carbons (Fsp3) is 0.889. The first-order chi connectivity index (χ1) is 6.09. The third-order valence-corrected chi connectivity index (χ3v) is 3.26. The zero-order valence-corrected chi connectivity index (χ0v) is 8.33. The monoisotopic (exact) mass is 182 g/mol. The molecule has 4 heteroatoms. The maximum Gasteiger partial charge on any atom is 0.188 e. The van der Waals surface area contributed by atoms with Gasteiger partial charge in [-0.25, -0.2) is 0 Å². The molecule has 74 valence electrons. The molecule has 13 heavy (non-hydrogen) atoms. The van der Waals surface area contributed by atoms with Gasteiger partial charge in [-0.1, -0.05) is 0 Å². The topological polar surface area (TPSA) is 56.4 Å². The highest BCUT2D eigenvalue weighted by molar-refractivity contribution is 5.75. The molecule has 2 bridgehead atoms. The molecule has 2 aliphatic rings. The molecule has 2 unspecified atom stereocenters. The Morgan fingerprint density at radius 1 is 1.38 bits per heavy atom. The Morgan fingerprint density at radius 3 is 2.46 bits per heavy atom. The summed E-state index contributed by atoms with van der Waals surface area (Å²) in [7, 11) is 0. The summed E-state index contributed by atoms with van der Waals surface area (Å²) < 4.78 is 0. The average Bonchev–Trinajstić information content (AvgIpc) is 2.60. The van der Waals surface area contributed by atoms with Crippen LogP contribution in [0, 0.1) is 5.41 Å². The second-order valence-corrected chi connectivity index (χ2v) is 4.37. The lowest BCUT2D eigenvalue weighted by Gasteiger charge is -2.36. The second-order valence-electron chi connectivity index (χ2n) is 4.37. The number of rotatable bonds is 1. The molecule has 0 aliphatic carbocycles. The summed E-state index contributed by atoms with van der Waals surface area (Å²) in [4.78, 5) is 4.55. The minimum Gasteiger partial charge on any atom is -0.370 e. The zero-order valence-electron chi connectivity index (χ0n) is 8.33. The lowest BCUT2D eigenvalue weighted by Crippen LogP contribution is -2.52. The van der Waals surface area contributed by atoms with Gasteiger partial charge >= 0.3 is 0 Å². The molecule has 2 saturated heterocycles. The van der Waals surface area contributed by atoms with Crippen LogP contribution in [0.15, 0.2) is 0 Å². The Kier molecular flexibility index (Phi) is 1.95. The van der Waals surface area contributed by atoms with Crippen molar-refractivity contribution in [1.29, 1.82) is 5.41 Å². The van der Waals surface area contributed by atoms with Crippen LogP contribution < -0.4 is 5.73 Å². The van der Waals surface area contributed by atoms with Crippen molar-refractivity contribution in [1.82, 2.24) is 9.80 Å². The Labute approximate surface area is 79.2 Å². The standard InChI is InChI=1S/C9H18N4/c1-6(2)12-4-8-3-7(12)5-13(8)9(10)11/h6-8H,3-5H2,1-2H3,(H3,10,11). The molecule has 2 atom stereocenters. The normalized spacial score (nSPS) is 33.3.